The molecule has 0 unspecified atom stereocenters. The summed E-state index contributed by atoms with van der Waals surface area (Å²) in [5.41, 5.74) is 3.02. The van der Waals surface area contributed by atoms with Gasteiger partial charge < -0.3 is 0 Å². The molecule has 4 aromatic carbocycles. The van der Waals surface area contributed by atoms with Gasteiger partial charge in [0.05, 0.1) is 0 Å². The van der Waals surface area contributed by atoms with Crippen LogP contribution in [-0.4, -0.2) is 25.9 Å². The lowest BCUT2D eigenvalue weighted by atomic mass is 9.98. The van der Waals surface area contributed by atoms with Crippen LogP contribution in [0.5, 0.6) is 0 Å². The highest BCUT2D eigenvalue weighted by Crippen LogP contribution is 2.29. The molecule has 0 fully saturated rings. The van der Waals surface area contributed by atoms with Crippen LogP contribution in [-0.2, 0) is 26.7 Å². The monoisotopic (exact) mass is 456 g/mol. The van der Waals surface area contributed by atoms with Gasteiger partial charge in [0.25, 0.3) is 20.2 Å². The fourth-order valence-corrected chi connectivity index (χ4v) is 5.49. The summed E-state index contributed by atoms with van der Waals surface area (Å²) in [5, 5.41) is 2.22. The van der Waals surface area contributed by atoms with Gasteiger partial charge in [-0.15, -0.1) is 0 Å². The predicted molar refractivity (Wildman–Crippen MR) is 120 cm³/mol. The fourth-order valence-electron chi connectivity index (χ4n) is 3.91. The number of rotatable bonds is 4. The molecule has 160 valence electrons. The molecule has 8 heteroatoms. The molecule has 0 aliphatic carbocycles. The van der Waals surface area contributed by atoms with Gasteiger partial charge in [-0.1, -0.05) is 36.4 Å². The van der Waals surface area contributed by atoms with Crippen LogP contribution in [0.15, 0.2) is 70.5 Å². The van der Waals surface area contributed by atoms with Crippen LogP contribution in [0.25, 0.3) is 21.5 Å². The van der Waals surface area contributed by atoms with E-state index in [0.717, 1.165) is 22.3 Å². The van der Waals surface area contributed by atoms with Gasteiger partial charge in [0.1, 0.15) is 9.79 Å². The first-order valence-corrected chi connectivity index (χ1v) is 12.3. The maximum atomic E-state index is 11.8. The lowest BCUT2D eigenvalue weighted by Gasteiger charge is -2.11. The van der Waals surface area contributed by atoms with E-state index in [2.05, 4.69) is 0 Å². The molecule has 0 aliphatic rings. The van der Waals surface area contributed by atoms with E-state index in [1.54, 1.807) is 38.1 Å². The largest absolute Gasteiger partial charge is 0.295 e. The van der Waals surface area contributed by atoms with E-state index in [1.807, 2.05) is 24.3 Å². The maximum absolute atomic E-state index is 11.8. The van der Waals surface area contributed by atoms with E-state index in [1.165, 1.54) is 12.1 Å². The third-order valence-corrected chi connectivity index (χ3v) is 7.00. The van der Waals surface area contributed by atoms with Crippen molar-refractivity contribution in [1.29, 1.82) is 0 Å². The first kappa shape index (κ1) is 21.5. The van der Waals surface area contributed by atoms with Gasteiger partial charge >= 0.3 is 0 Å². The Labute approximate surface area is 180 Å². The summed E-state index contributed by atoms with van der Waals surface area (Å²) >= 11 is 0. The van der Waals surface area contributed by atoms with Gasteiger partial charge in [0.2, 0.25) is 0 Å². The molecule has 4 aromatic rings. The number of hydrogen-bond acceptors (Lipinski definition) is 4. The van der Waals surface area contributed by atoms with Crippen LogP contribution in [0.2, 0.25) is 0 Å². The lowest BCUT2D eigenvalue weighted by molar-refractivity contribution is 0.482. The zero-order chi connectivity index (χ0) is 22.6. The van der Waals surface area contributed by atoms with Crippen LogP contribution in [0.4, 0.5) is 0 Å². The zero-order valence-electron chi connectivity index (χ0n) is 16.8. The standard InChI is InChI=1S/C23H20O6S2/c1-14-7-18-5-3-16(12-20(18)22(9-14)30(24,25)26)11-17-4-6-19-8-15(2)10-23(21(19)13-17)31(27,28)29/h3-10,12-13H,11H2,1-2H3,(H,24,25,26)(H,27,28,29). The van der Waals surface area contributed by atoms with Crippen LogP contribution < -0.4 is 0 Å². The second kappa shape index (κ2) is 7.42. The summed E-state index contributed by atoms with van der Waals surface area (Å²) in [6.45, 7) is 3.51. The van der Waals surface area contributed by atoms with Crippen molar-refractivity contribution in [3.8, 4) is 0 Å². The normalized spacial score (nSPS) is 12.5. The summed E-state index contributed by atoms with van der Waals surface area (Å²) in [7, 11) is -8.78. The third kappa shape index (κ3) is 4.33. The molecule has 0 amide bonds. The molecule has 0 bridgehead atoms. The molecule has 2 N–H and O–H groups in total. The first-order chi connectivity index (χ1) is 14.4. The summed E-state index contributed by atoms with van der Waals surface area (Å²) in [4.78, 5) is -0.293. The molecule has 0 aromatic heterocycles. The molecule has 0 radical (unpaired) electrons. The van der Waals surface area contributed by atoms with E-state index in [0.29, 0.717) is 28.0 Å². The van der Waals surface area contributed by atoms with Gasteiger partial charge in [-0.3, -0.25) is 9.11 Å². The Morgan fingerprint density at radius 3 is 1.35 bits per heavy atom. The second-order valence-corrected chi connectivity index (χ2v) is 10.5. The molecule has 0 atom stereocenters. The first-order valence-electron chi connectivity index (χ1n) is 9.43. The highest BCUT2D eigenvalue weighted by Gasteiger charge is 2.17. The quantitative estimate of drug-likeness (QED) is 0.431. The van der Waals surface area contributed by atoms with Crippen molar-refractivity contribution >= 4 is 41.8 Å². The molecule has 0 aliphatic heterocycles. The van der Waals surface area contributed by atoms with E-state index in [4.69, 9.17) is 0 Å². The van der Waals surface area contributed by atoms with Gasteiger partial charge in [0.15, 0.2) is 0 Å². The van der Waals surface area contributed by atoms with Gasteiger partial charge in [0, 0.05) is 10.8 Å². The van der Waals surface area contributed by atoms with Crippen molar-refractivity contribution in [2.45, 2.75) is 30.1 Å². The summed E-state index contributed by atoms with van der Waals surface area (Å²) in [6.07, 6.45) is 0.406. The van der Waals surface area contributed by atoms with Crippen LogP contribution in [0.1, 0.15) is 22.3 Å². The summed E-state index contributed by atoms with van der Waals surface area (Å²) in [6, 6.07) is 17.3. The molecule has 0 saturated heterocycles. The third-order valence-electron chi connectivity index (χ3n) is 5.21. The SMILES string of the molecule is Cc1cc(S(=O)(=O)O)c2cc(Cc3ccc4cc(C)cc(S(=O)(=O)O)c4c3)ccc2c1. The van der Waals surface area contributed by atoms with E-state index in [9.17, 15) is 25.9 Å². The Hall–Kier alpha value is -2.78. The molecular weight excluding hydrogens is 436 g/mol. The highest BCUT2D eigenvalue weighted by molar-refractivity contribution is 7.86. The summed E-state index contributed by atoms with van der Waals surface area (Å²) < 4.78 is 66.7. The van der Waals surface area contributed by atoms with Crippen LogP contribution >= 0.6 is 0 Å². The molecule has 6 nitrogen and oxygen atoms in total. The molecule has 0 spiro atoms. The molecule has 0 heterocycles. The molecular formula is C23H20O6S2. The van der Waals surface area contributed by atoms with E-state index in [-0.39, 0.29) is 9.79 Å². The Bertz CT molecular complexity index is 1450. The maximum Gasteiger partial charge on any atom is 0.295 e. The molecule has 31 heavy (non-hydrogen) atoms. The minimum Gasteiger partial charge on any atom is -0.282 e. The summed E-state index contributed by atoms with van der Waals surface area (Å²) in [5.74, 6) is 0. The van der Waals surface area contributed by atoms with Crippen molar-refractivity contribution in [3.63, 3.8) is 0 Å². The van der Waals surface area contributed by atoms with Crippen LogP contribution in [0.3, 0.4) is 0 Å². The van der Waals surface area contributed by atoms with E-state index < -0.39 is 20.2 Å². The van der Waals surface area contributed by atoms with Gasteiger partial charge in [-0.25, -0.2) is 0 Å². The molecule has 0 saturated carbocycles. The number of benzene rings is 4. The topological polar surface area (TPSA) is 109 Å². The Morgan fingerprint density at radius 2 is 1.00 bits per heavy atom. The van der Waals surface area contributed by atoms with E-state index >= 15 is 0 Å². The average Bonchev–Trinajstić information content (AvgIpc) is 2.65. The highest BCUT2D eigenvalue weighted by atomic mass is 32.2. The van der Waals surface area contributed by atoms with Gasteiger partial charge in [-0.2, -0.15) is 16.8 Å². The van der Waals surface area contributed by atoms with Crippen molar-refractivity contribution in [3.05, 3.63) is 82.9 Å². The number of hydrogen-bond donors (Lipinski definition) is 2. The van der Waals surface area contributed by atoms with Crippen molar-refractivity contribution in [2.24, 2.45) is 0 Å². The fraction of sp³-hybridized carbons (Fsp3) is 0.130. The second-order valence-electron chi connectivity index (χ2n) is 7.76. The Kier molecular flexibility index (Phi) is 5.13. The Balaban J connectivity index is 1.84. The van der Waals surface area contributed by atoms with Crippen molar-refractivity contribution in [1.82, 2.24) is 0 Å². The zero-order valence-corrected chi connectivity index (χ0v) is 18.5. The lowest BCUT2D eigenvalue weighted by Crippen LogP contribution is -2.01. The van der Waals surface area contributed by atoms with Crippen molar-refractivity contribution < 1.29 is 25.9 Å². The smallest absolute Gasteiger partial charge is 0.282 e. The number of fused-ring (bicyclic) bond motifs is 2. The minimum absolute atomic E-state index is 0.146. The minimum atomic E-state index is -4.39. The van der Waals surface area contributed by atoms with Crippen LogP contribution in [0, 0.1) is 13.8 Å². The Morgan fingerprint density at radius 1 is 0.613 bits per heavy atom. The van der Waals surface area contributed by atoms with Gasteiger partial charge in [-0.05, 0) is 77.6 Å². The predicted octanol–water partition coefficient (Wildman–Crippen LogP) is 4.69. The molecule has 4 rings (SSSR count). The average molecular weight is 457 g/mol. The number of aryl methyl sites for hydroxylation is 2. The van der Waals surface area contributed by atoms with Crippen molar-refractivity contribution in [2.75, 3.05) is 0 Å².